The highest BCUT2D eigenvalue weighted by Crippen LogP contribution is 2.22. The zero-order chi connectivity index (χ0) is 12.3. The Morgan fingerprint density at radius 3 is 2.53 bits per heavy atom. The van der Waals surface area contributed by atoms with Crippen molar-refractivity contribution < 1.29 is 0 Å². The fourth-order valence-corrected chi connectivity index (χ4v) is 2.47. The smallest absolute Gasteiger partial charge is 0.210 e. The fraction of sp³-hybridized carbons (Fsp3) is 0.333. The van der Waals surface area contributed by atoms with Crippen LogP contribution in [0, 0.1) is 13.8 Å². The van der Waals surface area contributed by atoms with Crippen LogP contribution in [-0.4, -0.2) is 16.7 Å². The van der Waals surface area contributed by atoms with Gasteiger partial charge in [-0.15, -0.1) is 10.2 Å². The first-order valence-corrected chi connectivity index (χ1v) is 6.37. The minimum Gasteiger partial charge on any atom is -0.330 e. The maximum Gasteiger partial charge on any atom is 0.210 e. The van der Waals surface area contributed by atoms with Gasteiger partial charge in [0.15, 0.2) is 0 Å². The monoisotopic (exact) mass is 248 g/mol. The molecule has 0 saturated heterocycles. The highest BCUT2D eigenvalue weighted by atomic mass is 32.1. The van der Waals surface area contributed by atoms with Gasteiger partial charge in [0.2, 0.25) is 5.13 Å². The number of aromatic nitrogens is 2. The van der Waals surface area contributed by atoms with Gasteiger partial charge in [0.25, 0.3) is 0 Å². The molecule has 0 atom stereocenters. The molecule has 0 aliphatic rings. The average Bonchev–Trinajstić information content (AvgIpc) is 2.64. The van der Waals surface area contributed by atoms with Gasteiger partial charge in [-0.25, -0.2) is 0 Å². The summed E-state index contributed by atoms with van der Waals surface area (Å²) in [6.07, 6.45) is 0.784. The van der Waals surface area contributed by atoms with Gasteiger partial charge in [-0.1, -0.05) is 17.4 Å². The summed E-state index contributed by atoms with van der Waals surface area (Å²) in [5.74, 6) is 0. The molecule has 2 aromatic rings. The number of nitrogens with zero attached hydrogens (tertiary/aromatic N) is 2. The van der Waals surface area contributed by atoms with E-state index in [1.54, 1.807) is 11.3 Å². The lowest BCUT2D eigenvalue weighted by molar-refractivity contribution is 0.913. The molecule has 5 heteroatoms. The van der Waals surface area contributed by atoms with Gasteiger partial charge < -0.3 is 11.1 Å². The van der Waals surface area contributed by atoms with E-state index in [0.29, 0.717) is 6.54 Å². The first-order valence-electron chi connectivity index (χ1n) is 5.55. The minimum atomic E-state index is 0.609. The molecule has 0 aliphatic carbocycles. The van der Waals surface area contributed by atoms with Crippen LogP contribution in [0.15, 0.2) is 18.2 Å². The largest absolute Gasteiger partial charge is 0.330 e. The predicted molar refractivity (Wildman–Crippen MR) is 71.9 cm³/mol. The van der Waals surface area contributed by atoms with Crippen LogP contribution in [-0.2, 0) is 6.42 Å². The van der Waals surface area contributed by atoms with Gasteiger partial charge in [0.05, 0.1) is 0 Å². The van der Waals surface area contributed by atoms with Crippen LogP contribution in [0.4, 0.5) is 10.8 Å². The Labute approximate surface area is 105 Å². The molecule has 2 rings (SSSR count). The molecule has 1 aromatic heterocycles. The van der Waals surface area contributed by atoms with Crippen molar-refractivity contribution in [1.82, 2.24) is 10.2 Å². The topological polar surface area (TPSA) is 63.8 Å². The highest BCUT2D eigenvalue weighted by molar-refractivity contribution is 7.15. The summed E-state index contributed by atoms with van der Waals surface area (Å²) in [6, 6.07) is 6.33. The number of nitrogens with one attached hydrogen (secondary N) is 1. The summed E-state index contributed by atoms with van der Waals surface area (Å²) in [7, 11) is 0. The normalized spacial score (nSPS) is 10.5. The molecule has 0 aliphatic heterocycles. The number of benzene rings is 1. The molecule has 0 fully saturated rings. The molecule has 4 nitrogen and oxygen atoms in total. The van der Waals surface area contributed by atoms with Crippen molar-refractivity contribution in [3.8, 4) is 0 Å². The molecule has 3 N–H and O–H groups in total. The number of anilines is 2. The van der Waals surface area contributed by atoms with Crippen molar-refractivity contribution >= 4 is 22.2 Å². The lowest BCUT2D eigenvalue weighted by Crippen LogP contribution is -2.01. The number of nitrogens with two attached hydrogens (primary N) is 1. The second-order valence-corrected chi connectivity index (χ2v) is 5.10. The van der Waals surface area contributed by atoms with Crippen LogP contribution in [0.2, 0.25) is 0 Å². The molecule has 1 heterocycles. The summed E-state index contributed by atoms with van der Waals surface area (Å²) in [5.41, 5.74) is 9.00. The van der Waals surface area contributed by atoms with Crippen molar-refractivity contribution in [2.24, 2.45) is 5.73 Å². The highest BCUT2D eigenvalue weighted by Gasteiger charge is 2.04. The van der Waals surface area contributed by atoms with E-state index in [9.17, 15) is 0 Å². The maximum atomic E-state index is 5.48. The summed E-state index contributed by atoms with van der Waals surface area (Å²) in [6.45, 7) is 4.77. The first kappa shape index (κ1) is 12.0. The molecule has 0 radical (unpaired) electrons. The first-order chi connectivity index (χ1) is 8.17. The van der Waals surface area contributed by atoms with E-state index in [2.05, 4.69) is 47.6 Å². The molecule has 1 aromatic carbocycles. The number of hydrogen-bond acceptors (Lipinski definition) is 5. The zero-order valence-corrected chi connectivity index (χ0v) is 10.8. The Kier molecular flexibility index (Phi) is 3.71. The molecular formula is C12H16N4S. The van der Waals surface area contributed by atoms with Crippen molar-refractivity contribution in [2.75, 3.05) is 11.9 Å². The van der Waals surface area contributed by atoms with Gasteiger partial charge >= 0.3 is 0 Å². The average molecular weight is 248 g/mol. The Bertz CT molecular complexity index is 487. The predicted octanol–water partition coefficient (Wildman–Crippen LogP) is 2.40. The molecule has 0 amide bonds. The maximum absolute atomic E-state index is 5.48. The van der Waals surface area contributed by atoms with Crippen molar-refractivity contribution in [2.45, 2.75) is 20.3 Å². The number of aryl methyl sites for hydroxylation is 2. The van der Waals surface area contributed by atoms with Gasteiger partial charge in [0, 0.05) is 12.1 Å². The number of hydrogen-bond donors (Lipinski definition) is 2. The second kappa shape index (κ2) is 5.25. The summed E-state index contributed by atoms with van der Waals surface area (Å²) < 4.78 is 0. The van der Waals surface area contributed by atoms with Gasteiger partial charge in [0.1, 0.15) is 5.01 Å². The molecule has 0 spiro atoms. The second-order valence-electron chi connectivity index (χ2n) is 4.04. The Morgan fingerprint density at radius 1 is 1.18 bits per heavy atom. The van der Waals surface area contributed by atoms with Crippen LogP contribution in [0.1, 0.15) is 16.1 Å². The quantitative estimate of drug-likeness (QED) is 0.872. The van der Waals surface area contributed by atoms with Crippen LogP contribution < -0.4 is 11.1 Å². The van der Waals surface area contributed by atoms with Crippen molar-refractivity contribution in [3.63, 3.8) is 0 Å². The molecule has 90 valence electrons. The lowest BCUT2D eigenvalue weighted by Gasteiger charge is -2.04. The third-order valence-corrected chi connectivity index (χ3v) is 3.20. The van der Waals surface area contributed by atoms with Crippen LogP contribution >= 0.6 is 11.3 Å². The Morgan fingerprint density at radius 2 is 1.88 bits per heavy atom. The Balaban J connectivity index is 2.13. The summed E-state index contributed by atoms with van der Waals surface area (Å²) >= 11 is 1.55. The zero-order valence-electron chi connectivity index (χ0n) is 10.0. The van der Waals surface area contributed by atoms with E-state index in [0.717, 1.165) is 22.2 Å². The molecule has 0 unspecified atom stereocenters. The lowest BCUT2D eigenvalue weighted by atomic mass is 10.1. The van der Waals surface area contributed by atoms with Gasteiger partial charge in [-0.2, -0.15) is 0 Å². The fourth-order valence-electron chi connectivity index (χ4n) is 1.70. The Hall–Kier alpha value is -1.46. The number of rotatable bonds is 4. The van der Waals surface area contributed by atoms with E-state index < -0.39 is 0 Å². The van der Waals surface area contributed by atoms with E-state index in [1.165, 1.54) is 11.1 Å². The van der Waals surface area contributed by atoms with Gasteiger partial charge in [-0.3, -0.25) is 0 Å². The minimum absolute atomic E-state index is 0.609. The van der Waals surface area contributed by atoms with Crippen LogP contribution in [0.25, 0.3) is 0 Å². The SMILES string of the molecule is Cc1cc(C)cc(Nc2nnc(CCN)s2)c1. The third-order valence-electron chi connectivity index (χ3n) is 2.30. The van der Waals surface area contributed by atoms with Crippen LogP contribution in [0.5, 0.6) is 0 Å². The van der Waals surface area contributed by atoms with E-state index in [1.807, 2.05) is 0 Å². The molecule has 0 saturated carbocycles. The molecule has 0 bridgehead atoms. The van der Waals surface area contributed by atoms with Crippen molar-refractivity contribution in [3.05, 3.63) is 34.3 Å². The van der Waals surface area contributed by atoms with Crippen molar-refractivity contribution in [1.29, 1.82) is 0 Å². The molecule has 17 heavy (non-hydrogen) atoms. The van der Waals surface area contributed by atoms with E-state index in [4.69, 9.17) is 5.73 Å². The van der Waals surface area contributed by atoms with Gasteiger partial charge in [-0.05, 0) is 43.7 Å². The summed E-state index contributed by atoms with van der Waals surface area (Å²) in [4.78, 5) is 0. The van der Waals surface area contributed by atoms with E-state index >= 15 is 0 Å². The van der Waals surface area contributed by atoms with E-state index in [-0.39, 0.29) is 0 Å². The third kappa shape index (κ3) is 3.25. The molecular weight excluding hydrogens is 232 g/mol. The van der Waals surface area contributed by atoms with Crippen LogP contribution in [0.3, 0.4) is 0 Å². The summed E-state index contributed by atoms with van der Waals surface area (Å²) in [5, 5.41) is 13.2. The standard InChI is InChI=1S/C12H16N4S/c1-8-5-9(2)7-10(6-8)14-12-16-15-11(17-12)3-4-13/h5-7H,3-4,13H2,1-2H3,(H,14,16).